The number of hydrogen-bond acceptors (Lipinski definition) is 6. The number of rotatable bonds is 2. The van der Waals surface area contributed by atoms with Crippen molar-refractivity contribution < 1.29 is 9.53 Å². The minimum atomic E-state index is -0.300. The number of benzene rings is 1. The average Bonchev–Trinajstić information content (AvgIpc) is 3.47. The van der Waals surface area contributed by atoms with Crippen LogP contribution in [0.2, 0.25) is 0 Å². The number of nitriles is 1. The Kier molecular flexibility index (Phi) is 4.88. The first kappa shape index (κ1) is 20.9. The van der Waals surface area contributed by atoms with Crippen LogP contribution in [0.3, 0.4) is 0 Å². The first-order valence-electron chi connectivity index (χ1n) is 11.8. The van der Waals surface area contributed by atoms with E-state index in [9.17, 15) is 10.1 Å². The monoisotopic (exact) mass is 460 g/mol. The first-order chi connectivity index (χ1) is 16.0. The van der Waals surface area contributed by atoms with Gasteiger partial charge in [-0.1, -0.05) is 19.9 Å². The number of morpholine rings is 1. The van der Waals surface area contributed by atoms with Crippen LogP contribution in [-0.4, -0.2) is 61.1 Å². The molecule has 2 aliphatic heterocycles. The highest BCUT2D eigenvalue weighted by atomic mass is 32.1. The molecule has 2 fully saturated rings. The van der Waals surface area contributed by atoms with Gasteiger partial charge in [-0.25, -0.2) is 0 Å². The van der Waals surface area contributed by atoms with Crippen molar-refractivity contribution in [3.63, 3.8) is 0 Å². The molecule has 6 rings (SSSR count). The number of ether oxygens (including phenoxy) is 1. The zero-order valence-corrected chi connectivity index (χ0v) is 19.9. The Morgan fingerprint density at radius 3 is 2.64 bits per heavy atom. The molecular formula is C26H28N4O2S. The van der Waals surface area contributed by atoms with E-state index in [0.29, 0.717) is 11.6 Å². The van der Waals surface area contributed by atoms with Crippen molar-refractivity contribution in [1.29, 1.82) is 5.26 Å². The molecule has 1 aromatic carbocycles. The number of carbonyl (C=O) groups is 1. The minimum absolute atomic E-state index is 0.106. The zero-order valence-electron chi connectivity index (χ0n) is 19.1. The number of carbonyl (C=O) groups excluding carboxylic acids is 1. The van der Waals surface area contributed by atoms with Gasteiger partial charge in [-0.05, 0) is 36.6 Å². The van der Waals surface area contributed by atoms with Crippen molar-refractivity contribution in [2.45, 2.75) is 38.1 Å². The van der Waals surface area contributed by atoms with Gasteiger partial charge in [0.05, 0.1) is 40.3 Å². The fourth-order valence-corrected chi connectivity index (χ4v) is 7.10. The molecule has 0 spiro atoms. The molecule has 3 aromatic rings. The predicted octanol–water partition coefficient (Wildman–Crippen LogP) is 4.27. The van der Waals surface area contributed by atoms with E-state index in [1.807, 2.05) is 12.1 Å². The maximum atomic E-state index is 13.7. The first-order valence-corrected chi connectivity index (χ1v) is 12.6. The van der Waals surface area contributed by atoms with Gasteiger partial charge in [0.1, 0.15) is 0 Å². The molecule has 170 valence electrons. The third kappa shape index (κ3) is 3.23. The third-order valence-electron chi connectivity index (χ3n) is 7.72. The molecule has 3 aliphatic rings. The Balaban J connectivity index is 1.30. The molecule has 6 nitrogen and oxygen atoms in total. The Bertz CT molecular complexity index is 1280. The number of nitrogens with one attached hydrogen (secondary N) is 1. The van der Waals surface area contributed by atoms with Crippen LogP contribution in [0.1, 0.15) is 58.7 Å². The van der Waals surface area contributed by atoms with Gasteiger partial charge in [-0.2, -0.15) is 5.26 Å². The summed E-state index contributed by atoms with van der Waals surface area (Å²) in [4.78, 5) is 23.1. The topological polar surface area (TPSA) is 72.4 Å². The van der Waals surface area contributed by atoms with Gasteiger partial charge in [0.2, 0.25) is 5.78 Å². The summed E-state index contributed by atoms with van der Waals surface area (Å²) in [6.45, 7) is 10.2. The van der Waals surface area contributed by atoms with Crippen LogP contribution < -0.4 is 4.90 Å². The van der Waals surface area contributed by atoms with Crippen LogP contribution in [0.4, 0.5) is 5.00 Å². The predicted molar refractivity (Wildman–Crippen MR) is 131 cm³/mol. The lowest BCUT2D eigenvalue weighted by atomic mass is 9.74. The second-order valence-electron chi connectivity index (χ2n) is 9.90. The normalized spacial score (nSPS) is 21.1. The fourth-order valence-electron chi connectivity index (χ4n) is 5.78. The smallest absolute Gasteiger partial charge is 0.205 e. The number of piperidine rings is 1. The number of nitrogens with zero attached hydrogens (tertiary/aromatic N) is 3. The summed E-state index contributed by atoms with van der Waals surface area (Å²) in [7, 11) is 0. The van der Waals surface area contributed by atoms with Crippen LogP contribution in [0.5, 0.6) is 0 Å². The van der Waals surface area contributed by atoms with E-state index in [1.54, 1.807) is 17.4 Å². The van der Waals surface area contributed by atoms with Crippen molar-refractivity contribution >= 4 is 33.0 Å². The standard InChI is InChI=1S/C26H28N4O2S/c1-26(2)19-14-21(30-7-5-17(6-8-30)29-9-11-32-12-10-29)33-24(19)23(31)22-18-4-3-16(15-27)13-20(18)28-25(22)26/h3-4,13-14,17,28H,5-12H2,1-2H3. The highest BCUT2D eigenvalue weighted by Gasteiger charge is 2.42. The number of aromatic nitrogens is 1. The maximum absolute atomic E-state index is 13.7. The molecule has 0 unspecified atom stereocenters. The van der Waals surface area contributed by atoms with Gasteiger partial charge in [-0.3, -0.25) is 9.69 Å². The quantitative estimate of drug-likeness (QED) is 0.618. The number of hydrogen-bond donors (Lipinski definition) is 1. The lowest BCUT2D eigenvalue weighted by Gasteiger charge is -2.40. The maximum Gasteiger partial charge on any atom is 0.205 e. The van der Waals surface area contributed by atoms with Gasteiger partial charge >= 0.3 is 0 Å². The van der Waals surface area contributed by atoms with E-state index in [0.717, 1.165) is 84.8 Å². The number of anilines is 1. The fraction of sp³-hybridized carbons (Fsp3) is 0.462. The molecule has 7 heteroatoms. The van der Waals surface area contributed by atoms with E-state index in [4.69, 9.17) is 4.74 Å². The number of fused-ring (bicyclic) bond motifs is 4. The second kappa shape index (κ2) is 7.69. The number of thiophene rings is 1. The number of H-pyrrole nitrogens is 1. The van der Waals surface area contributed by atoms with E-state index in [1.165, 1.54) is 5.00 Å². The third-order valence-corrected chi connectivity index (χ3v) is 8.91. The molecule has 2 saturated heterocycles. The Labute approximate surface area is 197 Å². The minimum Gasteiger partial charge on any atom is -0.379 e. The second-order valence-corrected chi connectivity index (χ2v) is 10.9. The van der Waals surface area contributed by atoms with Crippen molar-refractivity contribution in [3.05, 3.63) is 51.5 Å². The van der Waals surface area contributed by atoms with Gasteiger partial charge in [0.15, 0.2) is 0 Å². The van der Waals surface area contributed by atoms with Crippen molar-refractivity contribution in [3.8, 4) is 6.07 Å². The van der Waals surface area contributed by atoms with Gasteiger partial charge in [-0.15, -0.1) is 11.3 Å². The van der Waals surface area contributed by atoms with E-state index >= 15 is 0 Å². The van der Waals surface area contributed by atoms with E-state index < -0.39 is 0 Å². The van der Waals surface area contributed by atoms with Crippen LogP contribution in [0.25, 0.3) is 10.9 Å². The molecule has 33 heavy (non-hydrogen) atoms. The number of ketones is 1. The Morgan fingerprint density at radius 2 is 1.91 bits per heavy atom. The molecule has 4 heterocycles. The van der Waals surface area contributed by atoms with Crippen LogP contribution in [0, 0.1) is 11.3 Å². The lowest BCUT2D eigenvalue weighted by Crippen LogP contribution is -2.49. The molecule has 0 radical (unpaired) electrons. The summed E-state index contributed by atoms with van der Waals surface area (Å²) in [5.74, 6) is 0.106. The summed E-state index contributed by atoms with van der Waals surface area (Å²) in [5.41, 5.74) is 4.00. The van der Waals surface area contributed by atoms with Crippen molar-refractivity contribution in [1.82, 2.24) is 9.88 Å². The summed E-state index contributed by atoms with van der Waals surface area (Å²) >= 11 is 1.65. The highest BCUT2D eigenvalue weighted by Crippen LogP contribution is 2.48. The van der Waals surface area contributed by atoms with E-state index in [-0.39, 0.29) is 11.2 Å². The largest absolute Gasteiger partial charge is 0.379 e. The van der Waals surface area contributed by atoms with E-state index in [2.05, 4.69) is 40.8 Å². The lowest BCUT2D eigenvalue weighted by molar-refractivity contribution is 0.0115. The molecule has 0 bridgehead atoms. The summed E-state index contributed by atoms with van der Waals surface area (Å²) in [5, 5.41) is 11.4. The van der Waals surface area contributed by atoms with Gasteiger partial charge in [0.25, 0.3) is 0 Å². The van der Waals surface area contributed by atoms with Crippen molar-refractivity contribution in [2.75, 3.05) is 44.3 Å². The highest BCUT2D eigenvalue weighted by molar-refractivity contribution is 7.18. The van der Waals surface area contributed by atoms with Crippen LogP contribution in [-0.2, 0) is 10.2 Å². The SMILES string of the molecule is CC1(C)c2cc(N3CCC(N4CCOCC4)CC3)sc2C(=O)c2c1[nH]c1cc(C#N)ccc21. The molecule has 1 aliphatic carbocycles. The average molecular weight is 461 g/mol. The molecule has 0 atom stereocenters. The van der Waals surface area contributed by atoms with Crippen molar-refractivity contribution in [2.24, 2.45) is 0 Å². The summed E-state index contributed by atoms with van der Waals surface area (Å²) < 4.78 is 5.52. The van der Waals surface area contributed by atoms with Gasteiger partial charge in [0, 0.05) is 54.2 Å². The molecular weight excluding hydrogens is 432 g/mol. The molecule has 0 amide bonds. The summed E-state index contributed by atoms with van der Waals surface area (Å²) in [6.07, 6.45) is 2.32. The molecule has 0 saturated carbocycles. The van der Waals surface area contributed by atoms with Gasteiger partial charge < -0.3 is 14.6 Å². The van der Waals surface area contributed by atoms with Crippen LogP contribution >= 0.6 is 11.3 Å². The number of aromatic amines is 1. The Hall–Kier alpha value is -2.66. The zero-order chi connectivity index (χ0) is 22.7. The van der Waals surface area contributed by atoms with Crippen LogP contribution in [0.15, 0.2) is 24.3 Å². The summed E-state index contributed by atoms with van der Waals surface area (Å²) in [6, 6.07) is 10.6. The molecule has 1 N–H and O–H groups in total. The molecule has 2 aromatic heterocycles. The Morgan fingerprint density at radius 1 is 1.15 bits per heavy atom.